The lowest BCUT2D eigenvalue weighted by molar-refractivity contribution is 0.377. The first-order valence-corrected chi connectivity index (χ1v) is 6.15. The average Bonchev–Trinajstić information content (AvgIpc) is 2.58. The second kappa shape index (κ2) is 6.54. The Morgan fingerprint density at radius 2 is 0.760 bits per heavy atom. The average molecular weight is 396 g/mol. The third-order valence-corrected chi connectivity index (χ3v) is 3.09. The summed E-state index contributed by atoms with van der Waals surface area (Å²) in [5.41, 5.74) is -3.90. The molecule has 1 nitrogen and oxygen atoms in total. The van der Waals surface area contributed by atoms with Crippen molar-refractivity contribution in [3.05, 3.63) is 63.7 Å². The van der Waals surface area contributed by atoms with Crippen molar-refractivity contribution in [1.29, 1.82) is 0 Å². The molecule has 0 aliphatic carbocycles. The second-order valence-electron chi connectivity index (χ2n) is 4.27. The van der Waals surface area contributed by atoms with Crippen molar-refractivity contribution >= 4 is 22.5 Å². The number of rotatable bonds is 2. The van der Waals surface area contributed by atoms with E-state index in [4.69, 9.17) is 11.6 Å². The molecule has 0 saturated carbocycles. The first kappa shape index (κ1) is 19.0. The highest BCUT2D eigenvalue weighted by atomic mass is 35.5. The Balaban J connectivity index is 2.79. The Bertz CT molecular complexity index is 866. The number of nitrogens with zero attached hydrogens (tertiary/aromatic N) is 1. The summed E-state index contributed by atoms with van der Waals surface area (Å²) in [6.07, 6.45) is 0. The Morgan fingerprint density at radius 3 is 1.12 bits per heavy atom. The second-order valence-corrected chi connectivity index (χ2v) is 4.62. The molecule has 0 spiro atoms. The van der Waals surface area contributed by atoms with Gasteiger partial charge in [0.15, 0.2) is 46.5 Å². The van der Waals surface area contributed by atoms with Crippen LogP contribution in [0.1, 0.15) is 5.56 Å². The Labute approximate surface area is 136 Å². The minimum atomic E-state index is -2.56. The van der Waals surface area contributed by atoms with Gasteiger partial charge in [0.25, 0.3) is 0 Å². The van der Waals surface area contributed by atoms with Crippen LogP contribution in [0.15, 0.2) is 4.99 Å². The third kappa shape index (κ3) is 2.92. The molecule has 0 amide bonds. The van der Waals surface area contributed by atoms with Gasteiger partial charge in [-0.2, -0.15) is 0 Å². The van der Waals surface area contributed by atoms with E-state index in [9.17, 15) is 43.9 Å². The largest absolute Gasteiger partial charge is 0.229 e. The first-order chi connectivity index (χ1) is 11.5. The first-order valence-electron chi connectivity index (χ1n) is 5.78. The molecule has 2 aromatic rings. The maximum absolute atomic E-state index is 13.5. The molecule has 0 atom stereocenters. The fourth-order valence-electron chi connectivity index (χ4n) is 1.63. The van der Waals surface area contributed by atoms with E-state index in [1.54, 1.807) is 0 Å². The van der Waals surface area contributed by atoms with E-state index in [0.29, 0.717) is 0 Å². The Morgan fingerprint density at radius 1 is 0.480 bits per heavy atom. The van der Waals surface area contributed by atoms with Gasteiger partial charge in [0.2, 0.25) is 11.6 Å². The van der Waals surface area contributed by atoms with Gasteiger partial charge in [-0.25, -0.2) is 48.9 Å². The van der Waals surface area contributed by atoms with Crippen LogP contribution >= 0.6 is 11.6 Å². The molecule has 0 fully saturated rings. The molecule has 0 saturated heterocycles. The Hall–Kier alpha value is -2.30. The molecule has 134 valence electrons. The predicted molar refractivity (Wildman–Crippen MR) is 64.5 cm³/mol. The zero-order valence-electron chi connectivity index (χ0n) is 11.1. The molecule has 2 rings (SSSR count). The lowest BCUT2D eigenvalue weighted by atomic mass is 10.1. The summed E-state index contributed by atoms with van der Waals surface area (Å²) in [7, 11) is 0. The van der Waals surface area contributed by atoms with Crippen LogP contribution in [0.4, 0.5) is 49.6 Å². The standard InChI is InChI=1S/C13ClF10N/c14-13(1-2(15)4(17)6(19)5(18)3(1)16)25-12-10(23)8(21)7(20)9(22)11(12)24. The SMILES string of the molecule is Fc1c(F)c(F)c(N=C(Cl)c2c(F)c(F)c(F)c(F)c2F)c(F)c1F. The summed E-state index contributed by atoms with van der Waals surface area (Å²) < 4.78 is 132. The van der Waals surface area contributed by atoms with Gasteiger partial charge in [0.1, 0.15) is 10.9 Å². The molecule has 0 heterocycles. The molecule has 2 aromatic carbocycles. The molecule has 0 N–H and O–H groups in total. The highest BCUT2D eigenvalue weighted by Gasteiger charge is 2.30. The quantitative estimate of drug-likeness (QED) is 0.280. The summed E-state index contributed by atoms with van der Waals surface area (Å²) >= 11 is 5.18. The summed E-state index contributed by atoms with van der Waals surface area (Å²) in [6, 6.07) is 0. The van der Waals surface area contributed by atoms with E-state index in [2.05, 4.69) is 4.99 Å². The molecule has 0 aromatic heterocycles. The Kier molecular flexibility index (Phi) is 4.98. The van der Waals surface area contributed by atoms with Gasteiger partial charge < -0.3 is 0 Å². The van der Waals surface area contributed by atoms with Gasteiger partial charge in [-0.3, -0.25) is 0 Å². The van der Waals surface area contributed by atoms with Crippen molar-refractivity contribution < 1.29 is 43.9 Å². The van der Waals surface area contributed by atoms with Gasteiger partial charge in [0.05, 0.1) is 5.56 Å². The van der Waals surface area contributed by atoms with Crippen molar-refractivity contribution in [2.75, 3.05) is 0 Å². The number of aliphatic imine (C=N–C) groups is 1. The molecule has 0 radical (unpaired) electrons. The van der Waals surface area contributed by atoms with E-state index in [0.717, 1.165) is 0 Å². The molecule has 0 unspecified atom stereocenters. The normalized spacial score (nSPS) is 12.0. The zero-order chi connectivity index (χ0) is 19.2. The van der Waals surface area contributed by atoms with Crippen molar-refractivity contribution in [2.24, 2.45) is 4.99 Å². The zero-order valence-corrected chi connectivity index (χ0v) is 11.9. The summed E-state index contributed by atoms with van der Waals surface area (Å²) in [4.78, 5) is 2.57. The van der Waals surface area contributed by atoms with Gasteiger partial charge >= 0.3 is 0 Å². The number of hydrogen-bond acceptors (Lipinski definition) is 1. The van der Waals surface area contributed by atoms with Crippen molar-refractivity contribution in [2.45, 2.75) is 0 Å². The highest BCUT2D eigenvalue weighted by molar-refractivity contribution is 6.69. The fourth-order valence-corrected chi connectivity index (χ4v) is 1.88. The van der Waals surface area contributed by atoms with E-state index >= 15 is 0 Å². The van der Waals surface area contributed by atoms with E-state index in [1.165, 1.54) is 0 Å². The van der Waals surface area contributed by atoms with Crippen LogP contribution in [0.2, 0.25) is 0 Å². The van der Waals surface area contributed by atoms with E-state index in [1.807, 2.05) is 0 Å². The van der Waals surface area contributed by atoms with Crippen LogP contribution in [0.3, 0.4) is 0 Å². The van der Waals surface area contributed by atoms with Crippen molar-refractivity contribution in [3.8, 4) is 0 Å². The van der Waals surface area contributed by atoms with Crippen LogP contribution < -0.4 is 0 Å². The molecule has 0 aliphatic rings. The van der Waals surface area contributed by atoms with Crippen LogP contribution in [0.5, 0.6) is 0 Å². The lowest BCUT2D eigenvalue weighted by Crippen LogP contribution is -2.10. The molecule has 0 bridgehead atoms. The van der Waals surface area contributed by atoms with Gasteiger partial charge in [0, 0.05) is 0 Å². The smallest absolute Gasteiger partial charge is 0.200 e. The topological polar surface area (TPSA) is 12.4 Å². The molecule has 12 heteroatoms. The summed E-state index contributed by atoms with van der Waals surface area (Å²) in [5.74, 6) is -25.0. The third-order valence-electron chi connectivity index (χ3n) is 2.81. The summed E-state index contributed by atoms with van der Waals surface area (Å²) in [5, 5.41) is -1.74. The minimum absolute atomic E-state index is 1.74. The van der Waals surface area contributed by atoms with Gasteiger partial charge in [-0.05, 0) is 0 Å². The molecular formula is C13ClF10N. The van der Waals surface area contributed by atoms with Crippen LogP contribution in [-0.2, 0) is 0 Å². The number of halogens is 11. The van der Waals surface area contributed by atoms with Gasteiger partial charge in [-0.1, -0.05) is 11.6 Å². The maximum Gasteiger partial charge on any atom is 0.200 e. The molecule has 25 heavy (non-hydrogen) atoms. The fraction of sp³-hybridized carbons (Fsp3) is 0. The lowest BCUT2D eigenvalue weighted by Gasteiger charge is -2.08. The summed E-state index contributed by atoms with van der Waals surface area (Å²) in [6.45, 7) is 0. The number of benzene rings is 2. The molecular weight excluding hydrogens is 396 g/mol. The maximum atomic E-state index is 13.5. The van der Waals surface area contributed by atoms with Crippen LogP contribution in [0.25, 0.3) is 0 Å². The van der Waals surface area contributed by atoms with Crippen LogP contribution in [-0.4, -0.2) is 5.17 Å². The highest BCUT2D eigenvalue weighted by Crippen LogP contribution is 2.32. The van der Waals surface area contributed by atoms with Crippen LogP contribution in [0, 0.1) is 58.2 Å². The monoisotopic (exact) mass is 395 g/mol. The van der Waals surface area contributed by atoms with Crippen molar-refractivity contribution in [3.63, 3.8) is 0 Å². The molecule has 0 aliphatic heterocycles. The van der Waals surface area contributed by atoms with E-state index in [-0.39, 0.29) is 0 Å². The van der Waals surface area contributed by atoms with Gasteiger partial charge in [-0.15, -0.1) is 0 Å². The minimum Gasteiger partial charge on any atom is -0.229 e. The van der Waals surface area contributed by atoms with Crippen molar-refractivity contribution in [1.82, 2.24) is 0 Å². The number of hydrogen-bond donors (Lipinski definition) is 0. The van der Waals surface area contributed by atoms with E-state index < -0.39 is 74.6 Å². The predicted octanol–water partition coefficient (Wildman–Crippen LogP) is 5.39.